The highest BCUT2D eigenvalue weighted by Crippen LogP contribution is 2.14. The fourth-order valence-corrected chi connectivity index (χ4v) is 2.30. The first kappa shape index (κ1) is 16.0. The normalized spacial score (nSPS) is 10.3. The number of carbonyl (C=O) groups is 1. The summed E-state index contributed by atoms with van der Waals surface area (Å²) in [7, 11) is 0. The molecule has 1 amide bonds. The van der Waals surface area contributed by atoms with Gasteiger partial charge in [0.05, 0.1) is 6.54 Å². The number of rotatable bonds is 7. The Kier molecular flexibility index (Phi) is 5.98. The van der Waals surface area contributed by atoms with Crippen LogP contribution in [0.2, 0.25) is 0 Å². The van der Waals surface area contributed by atoms with E-state index in [0.29, 0.717) is 13.0 Å². The number of aryl methyl sites for hydroxylation is 1. The maximum absolute atomic E-state index is 12.3. The molecule has 0 saturated heterocycles. The molecule has 0 aliphatic rings. The molecule has 0 fully saturated rings. The number of hydrogen-bond donors (Lipinski definition) is 2. The standard InChI is InChI=1S/C18H22N2O2/c1-15-7-5-8-16(13-15)19-18(22)14-20(11-6-12-21)17-9-3-2-4-10-17/h2-5,7-10,13,21H,6,11-12,14H2,1H3,(H,19,22). The fraction of sp³-hybridized carbons (Fsp3) is 0.278. The molecule has 0 unspecified atom stereocenters. The van der Waals surface area contributed by atoms with Crippen LogP contribution in [0.3, 0.4) is 0 Å². The number of carbonyl (C=O) groups excluding carboxylic acids is 1. The maximum Gasteiger partial charge on any atom is 0.243 e. The van der Waals surface area contributed by atoms with Crippen LogP contribution in [-0.4, -0.2) is 30.7 Å². The number of hydrogen-bond acceptors (Lipinski definition) is 3. The van der Waals surface area contributed by atoms with E-state index in [-0.39, 0.29) is 19.1 Å². The molecule has 0 aliphatic heterocycles. The second-order valence-electron chi connectivity index (χ2n) is 5.25. The highest BCUT2D eigenvalue weighted by molar-refractivity contribution is 5.94. The lowest BCUT2D eigenvalue weighted by atomic mass is 10.2. The summed E-state index contributed by atoms with van der Waals surface area (Å²) in [6.07, 6.45) is 0.632. The van der Waals surface area contributed by atoms with E-state index < -0.39 is 0 Å². The molecule has 4 heteroatoms. The predicted octanol–water partition coefficient (Wildman–Crippen LogP) is 2.82. The summed E-state index contributed by atoms with van der Waals surface area (Å²) < 4.78 is 0. The first-order chi connectivity index (χ1) is 10.7. The van der Waals surface area contributed by atoms with Crippen LogP contribution in [-0.2, 0) is 4.79 Å². The molecule has 0 aliphatic carbocycles. The van der Waals surface area contributed by atoms with Gasteiger partial charge in [-0.3, -0.25) is 4.79 Å². The van der Waals surface area contributed by atoms with Crippen molar-refractivity contribution in [3.05, 3.63) is 60.2 Å². The van der Waals surface area contributed by atoms with Crippen LogP contribution >= 0.6 is 0 Å². The zero-order chi connectivity index (χ0) is 15.8. The number of benzene rings is 2. The molecule has 0 atom stereocenters. The van der Waals surface area contributed by atoms with Gasteiger partial charge in [0.1, 0.15) is 0 Å². The Hall–Kier alpha value is -2.33. The summed E-state index contributed by atoms with van der Waals surface area (Å²) in [6.45, 7) is 3.01. The molecular weight excluding hydrogens is 276 g/mol. The van der Waals surface area contributed by atoms with Crippen LogP contribution in [0.1, 0.15) is 12.0 Å². The van der Waals surface area contributed by atoms with E-state index in [1.54, 1.807) is 0 Å². The molecule has 0 bridgehead atoms. The molecule has 4 nitrogen and oxygen atoms in total. The van der Waals surface area contributed by atoms with Gasteiger partial charge in [-0.1, -0.05) is 30.3 Å². The lowest BCUT2D eigenvalue weighted by Crippen LogP contribution is -2.34. The molecule has 0 aromatic heterocycles. The van der Waals surface area contributed by atoms with Gasteiger partial charge in [-0.2, -0.15) is 0 Å². The average Bonchev–Trinajstić information content (AvgIpc) is 2.52. The number of nitrogens with zero attached hydrogens (tertiary/aromatic N) is 1. The molecule has 2 aromatic carbocycles. The topological polar surface area (TPSA) is 52.6 Å². The molecule has 2 rings (SSSR count). The fourth-order valence-electron chi connectivity index (χ4n) is 2.30. The summed E-state index contributed by atoms with van der Waals surface area (Å²) in [5.74, 6) is -0.0626. The number of amides is 1. The number of para-hydroxylation sites is 1. The Balaban J connectivity index is 2.01. The van der Waals surface area contributed by atoms with Gasteiger partial charge in [-0.05, 0) is 43.2 Å². The Morgan fingerprint density at radius 1 is 1.14 bits per heavy atom. The molecule has 0 saturated carbocycles. The van der Waals surface area contributed by atoms with Crippen molar-refractivity contribution in [2.75, 3.05) is 29.9 Å². The molecule has 0 heterocycles. The SMILES string of the molecule is Cc1cccc(NC(=O)CN(CCCO)c2ccccc2)c1. The van der Waals surface area contributed by atoms with Gasteiger partial charge < -0.3 is 15.3 Å². The molecule has 116 valence electrons. The first-order valence-electron chi connectivity index (χ1n) is 7.46. The van der Waals surface area contributed by atoms with Gasteiger partial charge in [-0.25, -0.2) is 0 Å². The van der Waals surface area contributed by atoms with Crippen molar-refractivity contribution in [2.45, 2.75) is 13.3 Å². The van der Waals surface area contributed by atoms with E-state index in [1.165, 1.54) is 0 Å². The average molecular weight is 298 g/mol. The van der Waals surface area contributed by atoms with Gasteiger partial charge in [0.2, 0.25) is 5.91 Å². The maximum atomic E-state index is 12.3. The predicted molar refractivity (Wildman–Crippen MR) is 90.2 cm³/mol. The van der Waals surface area contributed by atoms with Crippen molar-refractivity contribution in [1.29, 1.82) is 0 Å². The first-order valence-corrected chi connectivity index (χ1v) is 7.46. The van der Waals surface area contributed by atoms with Crippen LogP contribution < -0.4 is 10.2 Å². The third-order valence-corrected chi connectivity index (χ3v) is 3.34. The van der Waals surface area contributed by atoms with Crippen molar-refractivity contribution >= 4 is 17.3 Å². The van der Waals surface area contributed by atoms with Crippen LogP contribution in [0.4, 0.5) is 11.4 Å². The van der Waals surface area contributed by atoms with Gasteiger partial charge in [0, 0.05) is 24.5 Å². The Bertz CT molecular complexity index is 599. The van der Waals surface area contributed by atoms with Gasteiger partial charge >= 0.3 is 0 Å². The van der Waals surface area contributed by atoms with E-state index in [9.17, 15) is 4.79 Å². The Labute approximate surface area is 131 Å². The van der Waals surface area contributed by atoms with E-state index in [0.717, 1.165) is 16.9 Å². The lowest BCUT2D eigenvalue weighted by Gasteiger charge is -2.24. The Morgan fingerprint density at radius 2 is 1.91 bits per heavy atom. The minimum atomic E-state index is -0.0626. The van der Waals surface area contributed by atoms with Crippen LogP contribution in [0.25, 0.3) is 0 Å². The number of anilines is 2. The molecule has 2 N–H and O–H groups in total. The molecule has 0 radical (unpaired) electrons. The minimum absolute atomic E-state index is 0.0626. The number of nitrogens with one attached hydrogen (secondary N) is 1. The van der Waals surface area contributed by atoms with Crippen LogP contribution in [0.5, 0.6) is 0 Å². The van der Waals surface area contributed by atoms with E-state index in [1.807, 2.05) is 66.4 Å². The highest BCUT2D eigenvalue weighted by atomic mass is 16.3. The largest absolute Gasteiger partial charge is 0.396 e. The summed E-state index contributed by atoms with van der Waals surface area (Å²) in [4.78, 5) is 14.2. The second-order valence-corrected chi connectivity index (χ2v) is 5.25. The van der Waals surface area contributed by atoms with Crippen LogP contribution in [0, 0.1) is 6.92 Å². The summed E-state index contributed by atoms with van der Waals surface area (Å²) in [6, 6.07) is 17.5. The van der Waals surface area contributed by atoms with Crippen molar-refractivity contribution in [2.24, 2.45) is 0 Å². The lowest BCUT2D eigenvalue weighted by molar-refractivity contribution is -0.115. The van der Waals surface area contributed by atoms with Crippen molar-refractivity contribution in [3.8, 4) is 0 Å². The minimum Gasteiger partial charge on any atom is -0.396 e. The molecule has 22 heavy (non-hydrogen) atoms. The quantitative estimate of drug-likeness (QED) is 0.826. The van der Waals surface area contributed by atoms with Crippen LogP contribution in [0.15, 0.2) is 54.6 Å². The molecule has 0 spiro atoms. The van der Waals surface area contributed by atoms with Crippen molar-refractivity contribution in [3.63, 3.8) is 0 Å². The summed E-state index contributed by atoms with van der Waals surface area (Å²) in [5, 5.41) is 12.0. The number of aliphatic hydroxyl groups is 1. The molecular formula is C18H22N2O2. The van der Waals surface area contributed by atoms with Crippen molar-refractivity contribution in [1.82, 2.24) is 0 Å². The van der Waals surface area contributed by atoms with E-state index in [4.69, 9.17) is 5.11 Å². The van der Waals surface area contributed by atoms with Gasteiger partial charge in [0.15, 0.2) is 0 Å². The monoisotopic (exact) mass is 298 g/mol. The van der Waals surface area contributed by atoms with Gasteiger partial charge in [-0.15, -0.1) is 0 Å². The summed E-state index contributed by atoms with van der Waals surface area (Å²) >= 11 is 0. The van der Waals surface area contributed by atoms with E-state index in [2.05, 4.69) is 5.32 Å². The van der Waals surface area contributed by atoms with Crippen molar-refractivity contribution < 1.29 is 9.90 Å². The highest BCUT2D eigenvalue weighted by Gasteiger charge is 2.11. The van der Waals surface area contributed by atoms with Gasteiger partial charge in [0.25, 0.3) is 0 Å². The second kappa shape index (κ2) is 8.20. The third kappa shape index (κ3) is 4.90. The van der Waals surface area contributed by atoms with E-state index >= 15 is 0 Å². The number of aliphatic hydroxyl groups excluding tert-OH is 1. The zero-order valence-electron chi connectivity index (χ0n) is 12.8. The zero-order valence-corrected chi connectivity index (χ0v) is 12.8. The third-order valence-electron chi connectivity index (χ3n) is 3.34. The summed E-state index contributed by atoms with van der Waals surface area (Å²) in [5.41, 5.74) is 2.90. The smallest absolute Gasteiger partial charge is 0.243 e. The Morgan fingerprint density at radius 3 is 2.59 bits per heavy atom. The molecule has 2 aromatic rings.